The summed E-state index contributed by atoms with van der Waals surface area (Å²) in [5, 5.41) is 0.801. The number of piperazine rings is 1. The molecular formula is C26H30N2O6S. The molecule has 0 aliphatic carbocycles. The number of ether oxygens (including phenoxy) is 1. The van der Waals surface area contributed by atoms with E-state index in [2.05, 4.69) is 13.8 Å². The molecule has 1 aromatic heterocycles. The predicted octanol–water partition coefficient (Wildman–Crippen LogP) is 3.53. The summed E-state index contributed by atoms with van der Waals surface area (Å²) in [6.45, 7) is 6.88. The van der Waals surface area contributed by atoms with E-state index in [4.69, 9.17) is 9.15 Å². The van der Waals surface area contributed by atoms with E-state index in [1.807, 2.05) is 19.1 Å². The van der Waals surface area contributed by atoms with Gasteiger partial charge < -0.3 is 14.1 Å². The van der Waals surface area contributed by atoms with Crippen LogP contribution in [0.15, 0.2) is 62.6 Å². The van der Waals surface area contributed by atoms with Crippen molar-refractivity contribution in [3.63, 3.8) is 0 Å². The van der Waals surface area contributed by atoms with Gasteiger partial charge in [-0.3, -0.25) is 4.79 Å². The zero-order valence-corrected chi connectivity index (χ0v) is 21.0. The van der Waals surface area contributed by atoms with Gasteiger partial charge in [0.25, 0.3) is 5.91 Å². The highest BCUT2D eigenvalue weighted by atomic mass is 32.2. The second-order valence-corrected chi connectivity index (χ2v) is 10.8. The zero-order valence-electron chi connectivity index (χ0n) is 20.2. The van der Waals surface area contributed by atoms with E-state index >= 15 is 0 Å². The van der Waals surface area contributed by atoms with Gasteiger partial charge in [-0.25, -0.2) is 13.2 Å². The fourth-order valence-electron chi connectivity index (χ4n) is 4.16. The summed E-state index contributed by atoms with van der Waals surface area (Å²) in [6, 6.07) is 13.6. The van der Waals surface area contributed by atoms with Gasteiger partial charge in [0.2, 0.25) is 10.0 Å². The van der Waals surface area contributed by atoms with E-state index in [-0.39, 0.29) is 43.6 Å². The SMILES string of the molecule is CC[C@@H](C)c1ccc(S(=O)(=O)N2CCN(C(=O)COc3ccc4c(C)cc(=O)oc4c3)CC2)cc1. The number of fused-ring (bicyclic) bond motifs is 1. The largest absolute Gasteiger partial charge is 0.484 e. The first-order chi connectivity index (χ1) is 16.7. The van der Waals surface area contributed by atoms with Crippen molar-refractivity contribution in [2.75, 3.05) is 32.8 Å². The molecule has 4 rings (SSSR count). The third-order valence-electron chi connectivity index (χ3n) is 6.58. The molecule has 186 valence electrons. The minimum absolute atomic E-state index is 0.189. The molecule has 3 aromatic rings. The summed E-state index contributed by atoms with van der Waals surface area (Å²) < 4.78 is 38.4. The number of hydrogen-bond acceptors (Lipinski definition) is 6. The summed E-state index contributed by atoms with van der Waals surface area (Å²) in [6.07, 6.45) is 0.989. The van der Waals surface area contributed by atoms with Crippen molar-refractivity contribution in [1.29, 1.82) is 0 Å². The quantitative estimate of drug-likeness (QED) is 0.463. The summed E-state index contributed by atoms with van der Waals surface area (Å²) >= 11 is 0. The van der Waals surface area contributed by atoms with Crippen LogP contribution in [0.25, 0.3) is 11.0 Å². The second-order valence-electron chi connectivity index (χ2n) is 8.86. The number of nitrogens with zero attached hydrogens (tertiary/aromatic N) is 2. The lowest BCUT2D eigenvalue weighted by atomic mass is 9.99. The maximum atomic E-state index is 13.0. The van der Waals surface area contributed by atoms with Crippen LogP contribution in [0.2, 0.25) is 0 Å². The Hall–Kier alpha value is -3.17. The molecule has 1 fully saturated rings. The van der Waals surface area contributed by atoms with Gasteiger partial charge >= 0.3 is 5.63 Å². The van der Waals surface area contributed by atoms with Gasteiger partial charge in [0.05, 0.1) is 4.90 Å². The van der Waals surface area contributed by atoms with E-state index in [1.54, 1.807) is 35.2 Å². The predicted molar refractivity (Wildman–Crippen MR) is 133 cm³/mol. The summed E-state index contributed by atoms with van der Waals surface area (Å²) in [5.41, 5.74) is 1.88. The van der Waals surface area contributed by atoms with Crippen molar-refractivity contribution < 1.29 is 22.4 Å². The lowest BCUT2D eigenvalue weighted by Crippen LogP contribution is -2.51. The minimum atomic E-state index is -3.62. The Morgan fingerprint density at radius 3 is 2.40 bits per heavy atom. The third-order valence-corrected chi connectivity index (χ3v) is 8.49. The molecule has 1 aliphatic heterocycles. The topological polar surface area (TPSA) is 97.1 Å². The average Bonchev–Trinajstić information content (AvgIpc) is 2.86. The van der Waals surface area contributed by atoms with Crippen molar-refractivity contribution in [2.24, 2.45) is 0 Å². The van der Waals surface area contributed by atoms with Crippen LogP contribution in [-0.4, -0.2) is 56.3 Å². The molecule has 35 heavy (non-hydrogen) atoms. The molecule has 1 atom stereocenters. The molecular weight excluding hydrogens is 468 g/mol. The lowest BCUT2D eigenvalue weighted by molar-refractivity contribution is -0.134. The number of benzene rings is 2. The number of amides is 1. The standard InChI is InChI=1S/C26H30N2O6S/c1-4-18(2)20-5-8-22(9-6-20)35(31,32)28-13-11-27(12-14-28)25(29)17-33-21-7-10-23-19(3)15-26(30)34-24(23)16-21/h5-10,15-16,18H,4,11-14,17H2,1-3H3/t18-/m1/s1. The molecule has 0 N–H and O–H groups in total. The highest BCUT2D eigenvalue weighted by Gasteiger charge is 2.30. The van der Waals surface area contributed by atoms with Crippen LogP contribution in [0.4, 0.5) is 0 Å². The van der Waals surface area contributed by atoms with Crippen LogP contribution < -0.4 is 10.4 Å². The van der Waals surface area contributed by atoms with E-state index in [0.717, 1.165) is 22.9 Å². The van der Waals surface area contributed by atoms with Crippen molar-refractivity contribution in [1.82, 2.24) is 9.21 Å². The molecule has 2 heterocycles. The number of carbonyl (C=O) groups is 1. The number of rotatable bonds is 7. The molecule has 9 heteroatoms. The van der Waals surface area contributed by atoms with Gasteiger partial charge in [-0.1, -0.05) is 26.0 Å². The van der Waals surface area contributed by atoms with Crippen LogP contribution in [0.3, 0.4) is 0 Å². The van der Waals surface area contributed by atoms with Crippen molar-refractivity contribution >= 4 is 26.9 Å². The van der Waals surface area contributed by atoms with Gasteiger partial charge in [0.1, 0.15) is 11.3 Å². The Morgan fingerprint density at radius 2 is 1.74 bits per heavy atom. The molecule has 0 radical (unpaired) electrons. The van der Waals surface area contributed by atoms with Gasteiger partial charge in [0.15, 0.2) is 6.61 Å². The Labute approximate surface area is 205 Å². The number of carbonyl (C=O) groups excluding carboxylic acids is 1. The highest BCUT2D eigenvalue weighted by molar-refractivity contribution is 7.89. The van der Waals surface area contributed by atoms with Gasteiger partial charge in [-0.2, -0.15) is 4.31 Å². The molecule has 0 unspecified atom stereocenters. The van der Waals surface area contributed by atoms with Gasteiger partial charge in [-0.15, -0.1) is 0 Å². The Bertz CT molecular complexity index is 1370. The summed E-state index contributed by atoms with van der Waals surface area (Å²) in [4.78, 5) is 26.1. The Morgan fingerprint density at radius 1 is 1.06 bits per heavy atom. The summed E-state index contributed by atoms with van der Waals surface area (Å²) in [5.74, 6) is 0.563. The van der Waals surface area contributed by atoms with E-state index in [9.17, 15) is 18.0 Å². The molecule has 1 aliphatic rings. The first-order valence-electron chi connectivity index (χ1n) is 11.7. The highest BCUT2D eigenvalue weighted by Crippen LogP contribution is 2.24. The molecule has 0 spiro atoms. The van der Waals surface area contributed by atoms with Crippen LogP contribution in [-0.2, 0) is 14.8 Å². The number of aryl methyl sites for hydroxylation is 1. The molecule has 0 bridgehead atoms. The second kappa shape index (κ2) is 10.2. The smallest absolute Gasteiger partial charge is 0.336 e. The van der Waals surface area contributed by atoms with Crippen LogP contribution in [0, 0.1) is 6.92 Å². The molecule has 1 amide bonds. The maximum Gasteiger partial charge on any atom is 0.336 e. The first kappa shape index (κ1) is 24.9. The van der Waals surface area contributed by atoms with Crippen molar-refractivity contribution in [2.45, 2.75) is 38.0 Å². The first-order valence-corrected chi connectivity index (χ1v) is 13.2. The third kappa shape index (κ3) is 5.41. The maximum absolute atomic E-state index is 13.0. The monoisotopic (exact) mass is 498 g/mol. The molecule has 8 nitrogen and oxygen atoms in total. The Balaban J connectivity index is 1.34. The Kier molecular flexibility index (Phi) is 7.28. The van der Waals surface area contributed by atoms with Crippen molar-refractivity contribution in [3.8, 4) is 5.75 Å². The normalized spacial score (nSPS) is 15.8. The molecule has 2 aromatic carbocycles. The van der Waals surface area contributed by atoms with E-state index in [0.29, 0.717) is 17.3 Å². The fraction of sp³-hybridized carbons (Fsp3) is 0.385. The number of hydrogen-bond donors (Lipinski definition) is 0. The lowest BCUT2D eigenvalue weighted by Gasteiger charge is -2.34. The molecule has 0 saturated carbocycles. The fourth-order valence-corrected chi connectivity index (χ4v) is 5.58. The number of sulfonamides is 1. The molecule has 1 saturated heterocycles. The van der Waals surface area contributed by atoms with Crippen molar-refractivity contribution in [3.05, 3.63) is 70.1 Å². The van der Waals surface area contributed by atoms with Gasteiger partial charge in [0, 0.05) is 43.7 Å². The average molecular weight is 499 g/mol. The summed E-state index contributed by atoms with van der Waals surface area (Å²) in [7, 11) is -3.62. The van der Waals surface area contributed by atoms with Crippen LogP contribution >= 0.6 is 0 Å². The van der Waals surface area contributed by atoms with Gasteiger partial charge in [-0.05, 0) is 54.7 Å². The van der Waals surface area contributed by atoms with E-state index in [1.165, 1.54) is 10.4 Å². The zero-order chi connectivity index (χ0) is 25.2. The minimum Gasteiger partial charge on any atom is -0.484 e. The van der Waals surface area contributed by atoms with E-state index < -0.39 is 15.6 Å². The van der Waals surface area contributed by atoms with Crippen LogP contribution in [0.5, 0.6) is 5.75 Å². The van der Waals surface area contributed by atoms with Crippen LogP contribution in [0.1, 0.15) is 37.3 Å².